The molecule has 0 heterocycles. The lowest BCUT2D eigenvalue weighted by atomic mass is 9.60. The summed E-state index contributed by atoms with van der Waals surface area (Å²) in [5, 5.41) is 0. The molecule has 0 bridgehead atoms. The van der Waals surface area contributed by atoms with E-state index in [-0.39, 0.29) is 0 Å². The van der Waals surface area contributed by atoms with E-state index in [0.29, 0.717) is 5.82 Å². The Balaban J connectivity index is 2.21. The molecule has 0 N–H and O–H groups in total. The first-order chi connectivity index (χ1) is 3.88. The van der Waals surface area contributed by atoms with Gasteiger partial charge in [0.05, 0.1) is 7.85 Å². The van der Waals surface area contributed by atoms with E-state index in [9.17, 15) is 0 Å². The number of allylic oxidation sites excluding steroid dienone is 4. The minimum atomic E-state index is 0.436. The Morgan fingerprint density at radius 3 is 2.62 bits per heavy atom. The Bertz CT molecular complexity index is 245. The van der Waals surface area contributed by atoms with Crippen molar-refractivity contribution in [1.82, 2.24) is 0 Å². The molecule has 0 saturated heterocycles. The third kappa shape index (κ3) is 0.176. The Morgan fingerprint density at radius 1 is 1.25 bits per heavy atom. The first kappa shape index (κ1) is 3.55. The molecule has 2 saturated carbocycles. The van der Waals surface area contributed by atoms with Gasteiger partial charge in [0.25, 0.3) is 0 Å². The number of fused-ring (bicyclic) bond motifs is 2. The molecular formula is C7H5B. The lowest BCUT2D eigenvalue weighted by Crippen LogP contribution is -2.17. The van der Waals surface area contributed by atoms with E-state index in [1.807, 2.05) is 0 Å². The van der Waals surface area contributed by atoms with Crippen molar-refractivity contribution in [3.8, 4) is 0 Å². The Labute approximate surface area is 49.7 Å². The monoisotopic (exact) mass is 100 g/mol. The van der Waals surface area contributed by atoms with Gasteiger partial charge in [0, 0.05) is 0 Å². The molecule has 8 heavy (non-hydrogen) atoms. The third-order valence-corrected chi connectivity index (χ3v) is 2.40. The average molecular weight is 99.9 g/mol. The fourth-order valence-corrected chi connectivity index (χ4v) is 1.83. The second kappa shape index (κ2) is 0.735. The number of hydrogen-bond donors (Lipinski definition) is 0. The molecule has 0 amide bonds. The molecule has 0 spiro atoms. The third-order valence-electron chi connectivity index (χ3n) is 2.40. The van der Waals surface area contributed by atoms with Crippen molar-refractivity contribution < 1.29 is 0 Å². The molecule has 2 fully saturated rings. The van der Waals surface area contributed by atoms with Gasteiger partial charge in [-0.15, -0.1) is 0 Å². The standard InChI is InChI=1S/C7H5B/c8-6-2-5-3-1-4(3)7(5)6/h6H,1-2H2. The van der Waals surface area contributed by atoms with Gasteiger partial charge in [0.2, 0.25) is 0 Å². The summed E-state index contributed by atoms with van der Waals surface area (Å²) in [5.41, 5.74) is 6.41. The molecule has 3 rings (SSSR count). The zero-order valence-corrected chi connectivity index (χ0v) is 4.57. The van der Waals surface area contributed by atoms with Crippen LogP contribution in [0.25, 0.3) is 0 Å². The fourth-order valence-electron chi connectivity index (χ4n) is 1.83. The van der Waals surface area contributed by atoms with E-state index < -0.39 is 0 Å². The summed E-state index contributed by atoms with van der Waals surface area (Å²) in [7, 11) is 5.69. The Kier molecular flexibility index (Phi) is 0.326. The van der Waals surface area contributed by atoms with Gasteiger partial charge in [-0.05, 0) is 41.0 Å². The van der Waals surface area contributed by atoms with Crippen molar-refractivity contribution in [1.29, 1.82) is 0 Å². The van der Waals surface area contributed by atoms with Crippen LogP contribution in [-0.4, -0.2) is 7.85 Å². The summed E-state index contributed by atoms with van der Waals surface area (Å²) >= 11 is 0. The molecule has 2 radical (unpaired) electrons. The molecule has 3 aliphatic carbocycles. The zero-order valence-electron chi connectivity index (χ0n) is 4.57. The quantitative estimate of drug-likeness (QED) is 0.403. The van der Waals surface area contributed by atoms with E-state index in [4.69, 9.17) is 7.85 Å². The summed E-state index contributed by atoms with van der Waals surface area (Å²) in [6.07, 6.45) is 2.46. The van der Waals surface area contributed by atoms with Gasteiger partial charge in [-0.3, -0.25) is 0 Å². The van der Waals surface area contributed by atoms with E-state index in [1.54, 1.807) is 16.7 Å². The van der Waals surface area contributed by atoms with Gasteiger partial charge in [0.15, 0.2) is 0 Å². The molecule has 0 aromatic rings. The number of rotatable bonds is 0. The summed E-state index contributed by atoms with van der Waals surface area (Å²) in [6, 6.07) is 0. The fraction of sp³-hybridized carbons (Fsp3) is 0.429. The molecule has 0 aliphatic heterocycles. The minimum absolute atomic E-state index is 0.436. The molecule has 36 valence electrons. The molecule has 0 nitrogen and oxygen atoms in total. The van der Waals surface area contributed by atoms with E-state index in [2.05, 4.69) is 0 Å². The molecular weight excluding hydrogens is 94.9 g/mol. The van der Waals surface area contributed by atoms with Gasteiger partial charge in [0.1, 0.15) is 0 Å². The summed E-state index contributed by atoms with van der Waals surface area (Å²) in [5.74, 6) is 0.436. The lowest BCUT2D eigenvalue weighted by molar-refractivity contribution is 0.797. The van der Waals surface area contributed by atoms with Crippen LogP contribution >= 0.6 is 0 Å². The number of hydrogen-bond acceptors (Lipinski definition) is 0. The van der Waals surface area contributed by atoms with Crippen molar-refractivity contribution in [3.63, 3.8) is 0 Å². The normalized spacial score (nSPS) is 37.8. The molecule has 1 atom stereocenters. The van der Waals surface area contributed by atoms with Crippen LogP contribution in [0.1, 0.15) is 12.8 Å². The summed E-state index contributed by atoms with van der Waals surface area (Å²) in [6.45, 7) is 0. The van der Waals surface area contributed by atoms with Crippen LogP contribution in [0.5, 0.6) is 0 Å². The van der Waals surface area contributed by atoms with Crippen LogP contribution in [-0.2, 0) is 0 Å². The van der Waals surface area contributed by atoms with Crippen molar-refractivity contribution in [2.45, 2.75) is 18.7 Å². The first-order valence-corrected chi connectivity index (χ1v) is 3.09. The maximum atomic E-state index is 5.69. The average Bonchev–Trinajstić information content (AvgIpc) is 2.33. The highest BCUT2D eigenvalue weighted by molar-refractivity contribution is 6.17. The van der Waals surface area contributed by atoms with Crippen LogP contribution in [0.15, 0.2) is 22.3 Å². The molecule has 0 aromatic carbocycles. The van der Waals surface area contributed by atoms with Crippen LogP contribution in [0.2, 0.25) is 5.82 Å². The predicted octanol–water partition coefficient (Wildman–Crippen LogP) is 1.36. The predicted molar refractivity (Wildman–Crippen MR) is 32.8 cm³/mol. The molecule has 1 heteroatoms. The van der Waals surface area contributed by atoms with Gasteiger partial charge in [-0.1, -0.05) is 0 Å². The van der Waals surface area contributed by atoms with Crippen LogP contribution in [0.4, 0.5) is 0 Å². The van der Waals surface area contributed by atoms with E-state index >= 15 is 0 Å². The SMILES string of the molecule is [B]C1CC2=C3CC3=C21. The van der Waals surface area contributed by atoms with Crippen LogP contribution in [0.3, 0.4) is 0 Å². The topological polar surface area (TPSA) is 0 Å². The second-order valence-electron chi connectivity index (χ2n) is 2.84. The van der Waals surface area contributed by atoms with Crippen molar-refractivity contribution in [3.05, 3.63) is 22.3 Å². The smallest absolute Gasteiger partial charge is 0.0484 e. The second-order valence-corrected chi connectivity index (χ2v) is 2.84. The van der Waals surface area contributed by atoms with E-state index in [0.717, 1.165) is 0 Å². The maximum absolute atomic E-state index is 5.69. The van der Waals surface area contributed by atoms with Crippen LogP contribution < -0.4 is 0 Å². The Morgan fingerprint density at radius 2 is 2.12 bits per heavy atom. The Hall–Kier alpha value is -0.455. The summed E-state index contributed by atoms with van der Waals surface area (Å²) in [4.78, 5) is 0. The van der Waals surface area contributed by atoms with Gasteiger partial charge in [-0.2, -0.15) is 0 Å². The zero-order chi connectivity index (χ0) is 5.30. The maximum Gasteiger partial charge on any atom is 0.0768 e. The van der Waals surface area contributed by atoms with Crippen molar-refractivity contribution in [2.75, 3.05) is 0 Å². The first-order valence-electron chi connectivity index (χ1n) is 3.09. The summed E-state index contributed by atoms with van der Waals surface area (Å²) < 4.78 is 0. The van der Waals surface area contributed by atoms with E-state index in [1.165, 1.54) is 18.4 Å². The largest absolute Gasteiger partial charge is 0.0768 e. The van der Waals surface area contributed by atoms with Crippen molar-refractivity contribution >= 4 is 7.85 Å². The van der Waals surface area contributed by atoms with Gasteiger partial charge < -0.3 is 0 Å². The highest BCUT2D eigenvalue weighted by Gasteiger charge is 2.47. The minimum Gasteiger partial charge on any atom is -0.0484 e. The highest BCUT2D eigenvalue weighted by Crippen LogP contribution is 2.65. The van der Waals surface area contributed by atoms with Gasteiger partial charge in [-0.25, -0.2) is 0 Å². The van der Waals surface area contributed by atoms with Gasteiger partial charge >= 0.3 is 0 Å². The molecule has 0 aromatic heterocycles. The molecule has 1 unspecified atom stereocenters. The van der Waals surface area contributed by atoms with Crippen LogP contribution in [0, 0.1) is 0 Å². The lowest BCUT2D eigenvalue weighted by Gasteiger charge is -2.35. The highest BCUT2D eigenvalue weighted by atomic mass is 14.5. The molecule has 3 aliphatic rings. The van der Waals surface area contributed by atoms with Crippen molar-refractivity contribution in [2.24, 2.45) is 0 Å².